The fourth-order valence-electron chi connectivity index (χ4n) is 2.24. The molecule has 106 valence electrons. The molecule has 0 aliphatic heterocycles. The highest BCUT2D eigenvalue weighted by Gasteiger charge is 2.17. The van der Waals surface area contributed by atoms with E-state index in [0.717, 1.165) is 11.3 Å². The van der Waals surface area contributed by atoms with E-state index < -0.39 is 0 Å². The summed E-state index contributed by atoms with van der Waals surface area (Å²) in [7, 11) is 1.96. The van der Waals surface area contributed by atoms with Crippen molar-refractivity contribution >= 4 is 33.2 Å². The summed E-state index contributed by atoms with van der Waals surface area (Å²) in [6, 6.07) is 12.6. The van der Waals surface area contributed by atoms with Crippen LogP contribution < -0.4 is 4.90 Å². The number of benzene rings is 2. The zero-order chi connectivity index (χ0) is 14.7. The van der Waals surface area contributed by atoms with Gasteiger partial charge in [-0.2, -0.15) is 0 Å². The van der Waals surface area contributed by atoms with Crippen molar-refractivity contribution in [2.45, 2.75) is 18.3 Å². The Hall–Kier alpha value is -1.06. The van der Waals surface area contributed by atoms with Crippen molar-refractivity contribution in [1.29, 1.82) is 0 Å². The summed E-state index contributed by atoms with van der Waals surface area (Å²) in [4.78, 5) is 2.06. The SMILES string of the molecule is CC(c1ccccc1F)N(C)c1ccc(Cl)cc1CBr. The standard InChI is InChI=1S/C16H16BrClFN/c1-11(14-5-3-4-6-15(14)19)20(2)16-8-7-13(18)9-12(16)10-17/h3-9,11H,10H2,1-2H3. The van der Waals surface area contributed by atoms with Crippen LogP contribution in [0, 0.1) is 5.82 Å². The molecule has 1 unspecified atom stereocenters. The van der Waals surface area contributed by atoms with E-state index in [4.69, 9.17) is 11.6 Å². The minimum absolute atomic E-state index is 0.0600. The fraction of sp³-hybridized carbons (Fsp3) is 0.250. The molecule has 0 heterocycles. The molecule has 1 atom stereocenters. The second kappa shape index (κ2) is 6.59. The van der Waals surface area contributed by atoms with E-state index in [2.05, 4.69) is 20.8 Å². The number of hydrogen-bond donors (Lipinski definition) is 0. The van der Waals surface area contributed by atoms with Gasteiger partial charge in [0.25, 0.3) is 0 Å². The first kappa shape index (κ1) is 15.3. The maximum absolute atomic E-state index is 13.9. The highest BCUT2D eigenvalue weighted by molar-refractivity contribution is 9.08. The van der Waals surface area contributed by atoms with Crippen LogP contribution in [-0.2, 0) is 5.33 Å². The average Bonchev–Trinajstić information content (AvgIpc) is 2.46. The second-order valence-corrected chi connectivity index (χ2v) is 5.71. The van der Waals surface area contributed by atoms with Crippen LogP contribution in [0.1, 0.15) is 24.1 Å². The maximum Gasteiger partial charge on any atom is 0.128 e. The van der Waals surface area contributed by atoms with Crippen LogP contribution >= 0.6 is 27.5 Å². The van der Waals surface area contributed by atoms with Crippen molar-refractivity contribution < 1.29 is 4.39 Å². The summed E-state index contributed by atoms with van der Waals surface area (Å²) in [5, 5.41) is 1.41. The van der Waals surface area contributed by atoms with E-state index in [0.29, 0.717) is 15.9 Å². The van der Waals surface area contributed by atoms with Crippen molar-refractivity contribution in [3.05, 3.63) is 64.4 Å². The predicted molar refractivity (Wildman–Crippen MR) is 87.3 cm³/mol. The summed E-state index contributed by atoms with van der Waals surface area (Å²) < 4.78 is 13.9. The topological polar surface area (TPSA) is 3.24 Å². The first-order chi connectivity index (χ1) is 9.54. The second-order valence-electron chi connectivity index (χ2n) is 4.72. The van der Waals surface area contributed by atoms with Crippen LogP contribution in [0.4, 0.5) is 10.1 Å². The van der Waals surface area contributed by atoms with Gasteiger partial charge in [-0.15, -0.1) is 0 Å². The highest BCUT2D eigenvalue weighted by Crippen LogP contribution is 2.32. The molecule has 1 nitrogen and oxygen atoms in total. The van der Waals surface area contributed by atoms with Crippen molar-refractivity contribution in [1.82, 2.24) is 0 Å². The molecule has 0 amide bonds. The van der Waals surface area contributed by atoms with E-state index in [1.165, 1.54) is 6.07 Å². The highest BCUT2D eigenvalue weighted by atomic mass is 79.9. The Morgan fingerprint density at radius 2 is 1.95 bits per heavy atom. The van der Waals surface area contributed by atoms with Gasteiger partial charge in [0.15, 0.2) is 0 Å². The van der Waals surface area contributed by atoms with Crippen molar-refractivity contribution in [3.63, 3.8) is 0 Å². The predicted octanol–water partition coefficient (Wildman–Crippen LogP) is 5.57. The van der Waals surface area contributed by atoms with Crippen LogP contribution in [0.3, 0.4) is 0 Å². The van der Waals surface area contributed by atoms with Gasteiger partial charge in [0, 0.05) is 28.7 Å². The minimum Gasteiger partial charge on any atom is -0.367 e. The van der Waals surface area contributed by atoms with Gasteiger partial charge < -0.3 is 4.90 Å². The molecule has 0 saturated carbocycles. The molecule has 0 radical (unpaired) electrons. The lowest BCUT2D eigenvalue weighted by Gasteiger charge is -2.29. The summed E-state index contributed by atoms with van der Waals surface area (Å²) in [6.45, 7) is 1.99. The zero-order valence-electron chi connectivity index (χ0n) is 11.4. The maximum atomic E-state index is 13.9. The Bertz CT molecular complexity index is 603. The Morgan fingerprint density at radius 3 is 2.60 bits per heavy atom. The summed E-state index contributed by atoms with van der Waals surface area (Å²) in [5.41, 5.74) is 2.82. The number of anilines is 1. The molecule has 0 bridgehead atoms. The molecule has 0 saturated heterocycles. The van der Waals surface area contributed by atoms with E-state index in [9.17, 15) is 4.39 Å². The van der Waals surface area contributed by atoms with Crippen molar-refractivity contribution in [2.75, 3.05) is 11.9 Å². The van der Waals surface area contributed by atoms with Gasteiger partial charge in [0.1, 0.15) is 5.82 Å². The number of halogens is 3. The molecule has 0 aliphatic carbocycles. The Balaban J connectivity index is 2.36. The third kappa shape index (κ3) is 3.15. The molecule has 0 aliphatic rings. The first-order valence-corrected chi connectivity index (χ1v) is 7.86. The van der Waals surface area contributed by atoms with Gasteiger partial charge in [-0.25, -0.2) is 4.39 Å². The van der Waals surface area contributed by atoms with E-state index in [1.54, 1.807) is 6.07 Å². The number of nitrogens with zero attached hydrogens (tertiary/aromatic N) is 1. The first-order valence-electron chi connectivity index (χ1n) is 6.36. The Morgan fingerprint density at radius 1 is 1.25 bits per heavy atom. The van der Waals surface area contributed by atoms with Gasteiger partial charge in [0.05, 0.1) is 6.04 Å². The van der Waals surface area contributed by atoms with Gasteiger partial charge in [-0.3, -0.25) is 0 Å². The van der Waals surface area contributed by atoms with Crippen LogP contribution in [-0.4, -0.2) is 7.05 Å². The van der Waals surface area contributed by atoms with Crippen LogP contribution in [0.15, 0.2) is 42.5 Å². The monoisotopic (exact) mass is 355 g/mol. The number of alkyl halides is 1. The molecule has 4 heteroatoms. The van der Waals surface area contributed by atoms with Gasteiger partial charge in [0.2, 0.25) is 0 Å². The quantitative estimate of drug-likeness (QED) is 0.647. The molecule has 2 aromatic rings. The Labute approximate surface area is 132 Å². The number of hydrogen-bond acceptors (Lipinski definition) is 1. The van der Waals surface area contributed by atoms with Crippen LogP contribution in [0.25, 0.3) is 0 Å². The average molecular weight is 357 g/mol. The van der Waals surface area contributed by atoms with E-state index in [1.807, 2.05) is 44.3 Å². The molecule has 2 rings (SSSR count). The van der Waals surface area contributed by atoms with Gasteiger partial charge >= 0.3 is 0 Å². The minimum atomic E-state index is -0.179. The van der Waals surface area contributed by atoms with Gasteiger partial charge in [-0.05, 0) is 36.8 Å². The lowest BCUT2D eigenvalue weighted by molar-refractivity contribution is 0.585. The molecule has 0 N–H and O–H groups in total. The van der Waals surface area contributed by atoms with Crippen LogP contribution in [0.5, 0.6) is 0 Å². The van der Waals surface area contributed by atoms with Crippen molar-refractivity contribution in [2.24, 2.45) is 0 Å². The molecular formula is C16H16BrClFN. The Kier molecular flexibility index (Phi) is 5.06. The molecule has 0 spiro atoms. The molecule has 20 heavy (non-hydrogen) atoms. The fourth-order valence-corrected chi connectivity index (χ4v) is 2.88. The zero-order valence-corrected chi connectivity index (χ0v) is 13.7. The molecular weight excluding hydrogens is 341 g/mol. The lowest BCUT2D eigenvalue weighted by Crippen LogP contribution is -2.23. The molecule has 0 fully saturated rings. The summed E-state index contributed by atoms with van der Waals surface area (Å²) >= 11 is 9.49. The summed E-state index contributed by atoms with van der Waals surface area (Å²) in [6.07, 6.45) is 0. The molecule has 2 aromatic carbocycles. The van der Waals surface area contributed by atoms with E-state index >= 15 is 0 Å². The van der Waals surface area contributed by atoms with Gasteiger partial charge in [-0.1, -0.05) is 45.7 Å². The van der Waals surface area contributed by atoms with Crippen molar-refractivity contribution in [3.8, 4) is 0 Å². The largest absolute Gasteiger partial charge is 0.367 e. The van der Waals surface area contributed by atoms with Crippen LogP contribution in [0.2, 0.25) is 5.02 Å². The lowest BCUT2D eigenvalue weighted by atomic mass is 10.0. The molecule has 0 aromatic heterocycles. The third-order valence-corrected chi connectivity index (χ3v) is 4.34. The number of rotatable bonds is 4. The third-order valence-electron chi connectivity index (χ3n) is 3.50. The smallest absolute Gasteiger partial charge is 0.128 e. The van der Waals surface area contributed by atoms with E-state index in [-0.39, 0.29) is 11.9 Å². The normalized spacial score (nSPS) is 12.2. The summed E-state index contributed by atoms with van der Waals surface area (Å²) in [5.74, 6) is -0.179.